The van der Waals surface area contributed by atoms with Gasteiger partial charge in [-0.05, 0) is 74.6 Å². The molecule has 0 saturated carbocycles. The minimum atomic E-state index is -1.04. The zero-order valence-electron chi connectivity index (χ0n) is 31.7. The summed E-state index contributed by atoms with van der Waals surface area (Å²) in [5.41, 5.74) is 2.49. The number of carbonyl (C=O) groups excluding carboxylic acids is 5. The Balaban J connectivity index is 1.53. The molecule has 1 aliphatic heterocycles. The molecular weight excluding hydrogens is 670 g/mol. The second kappa shape index (κ2) is 19.2. The van der Waals surface area contributed by atoms with Gasteiger partial charge in [0.25, 0.3) is 0 Å². The third kappa shape index (κ3) is 13.2. The second-order valence-electron chi connectivity index (χ2n) is 15.1. The number of Topliss-reactive ketones (excluding diaryl/α,β-unsaturated/α-hetero) is 1. The van der Waals surface area contributed by atoms with Gasteiger partial charge in [-0.15, -0.1) is 0 Å². The summed E-state index contributed by atoms with van der Waals surface area (Å²) in [5, 5.41) is 14.3. The Kier molecular flexibility index (Phi) is 14.7. The molecule has 5 N–H and O–H groups in total. The van der Waals surface area contributed by atoms with Crippen molar-refractivity contribution < 1.29 is 28.7 Å². The monoisotopic (exact) mass is 725 g/mol. The molecule has 0 spiro atoms. The maximum absolute atomic E-state index is 14.1. The third-order valence-electron chi connectivity index (χ3n) is 9.19. The number of ether oxygens (including phenoxy) is 1. The Morgan fingerprint density at radius 1 is 0.642 bits per heavy atom. The van der Waals surface area contributed by atoms with E-state index in [1.54, 1.807) is 19.1 Å². The van der Waals surface area contributed by atoms with Crippen LogP contribution in [-0.2, 0) is 36.8 Å². The van der Waals surface area contributed by atoms with Gasteiger partial charge in [-0.3, -0.25) is 19.2 Å². The van der Waals surface area contributed by atoms with Gasteiger partial charge in [-0.1, -0.05) is 106 Å². The molecule has 5 unspecified atom stereocenters. The number of ketones is 1. The first-order chi connectivity index (χ1) is 25.2. The predicted molar refractivity (Wildman–Crippen MR) is 206 cm³/mol. The number of amides is 5. The number of anilines is 1. The lowest BCUT2D eigenvalue weighted by molar-refractivity contribution is -0.134. The Labute approximate surface area is 313 Å². The fourth-order valence-corrected chi connectivity index (χ4v) is 6.09. The van der Waals surface area contributed by atoms with E-state index in [0.717, 1.165) is 16.7 Å². The smallest absolute Gasteiger partial charge is 0.319 e. The number of rotatable bonds is 19. The molecule has 1 saturated heterocycles. The van der Waals surface area contributed by atoms with Crippen LogP contribution in [0.15, 0.2) is 84.9 Å². The van der Waals surface area contributed by atoms with Crippen molar-refractivity contribution in [3.63, 3.8) is 0 Å². The largest absolute Gasteiger partial charge is 0.361 e. The van der Waals surface area contributed by atoms with E-state index in [1.165, 1.54) is 0 Å². The molecule has 3 aromatic carbocycles. The number of urea groups is 1. The maximum Gasteiger partial charge on any atom is 0.319 e. The Bertz CT molecular complexity index is 1680. The van der Waals surface area contributed by atoms with Gasteiger partial charge in [0, 0.05) is 12.1 Å². The topological polar surface area (TPSA) is 158 Å². The molecule has 53 heavy (non-hydrogen) atoms. The second-order valence-corrected chi connectivity index (χ2v) is 15.1. The van der Waals surface area contributed by atoms with E-state index in [2.05, 4.69) is 26.6 Å². The molecule has 1 heterocycles. The summed E-state index contributed by atoms with van der Waals surface area (Å²) in [6.45, 7) is 11.8. The van der Waals surface area contributed by atoms with Crippen molar-refractivity contribution in [2.45, 2.75) is 103 Å². The molecule has 1 aliphatic rings. The molecule has 4 rings (SSSR count). The number of hydrogen-bond donors (Lipinski definition) is 5. The highest BCUT2D eigenvalue weighted by Gasteiger charge is 2.50. The molecule has 0 aliphatic carbocycles. The summed E-state index contributed by atoms with van der Waals surface area (Å²) in [4.78, 5) is 68.5. The molecule has 0 aromatic heterocycles. The Morgan fingerprint density at radius 2 is 1.13 bits per heavy atom. The third-order valence-corrected chi connectivity index (χ3v) is 9.19. The summed E-state index contributed by atoms with van der Waals surface area (Å²) in [7, 11) is 0. The molecule has 1 fully saturated rings. The van der Waals surface area contributed by atoms with Gasteiger partial charge in [-0.2, -0.15) is 0 Å². The lowest BCUT2D eigenvalue weighted by Gasteiger charge is -2.28. The van der Waals surface area contributed by atoms with E-state index < -0.39 is 53.5 Å². The first-order valence-electron chi connectivity index (χ1n) is 18.5. The summed E-state index contributed by atoms with van der Waals surface area (Å²) in [5.74, 6) is -1.66. The highest BCUT2D eigenvalue weighted by Crippen LogP contribution is 2.29. The lowest BCUT2D eigenvalue weighted by atomic mass is 9.93. The van der Waals surface area contributed by atoms with E-state index in [-0.39, 0.29) is 36.9 Å². The molecule has 284 valence electrons. The highest BCUT2D eigenvalue weighted by molar-refractivity contribution is 5.99. The van der Waals surface area contributed by atoms with E-state index in [0.29, 0.717) is 25.1 Å². The highest BCUT2D eigenvalue weighted by atomic mass is 16.6. The Morgan fingerprint density at radius 3 is 1.70 bits per heavy atom. The van der Waals surface area contributed by atoms with Crippen LogP contribution in [0.3, 0.4) is 0 Å². The van der Waals surface area contributed by atoms with Gasteiger partial charge in [0.2, 0.25) is 17.7 Å². The maximum atomic E-state index is 14.1. The molecule has 0 bridgehead atoms. The summed E-state index contributed by atoms with van der Waals surface area (Å²) < 4.78 is 5.41. The van der Waals surface area contributed by atoms with Crippen LogP contribution in [0.1, 0.15) is 70.6 Å². The van der Waals surface area contributed by atoms with Crippen LogP contribution in [0.25, 0.3) is 0 Å². The molecular formula is C42H55N5O6. The Hall–Kier alpha value is -5.03. The first-order valence-corrected chi connectivity index (χ1v) is 18.5. The van der Waals surface area contributed by atoms with Crippen LogP contribution in [0, 0.1) is 18.8 Å². The van der Waals surface area contributed by atoms with Crippen molar-refractivity contribution in [1.82, 2.24) is 21.3 Å². The zero-order chi connectivity index (χ0) is 38.5. The van der Waals surface area contributed by atoms with E-state index in [9.17, 15) is 24.0 Å². The minimum Gasteiger partial charge on any atom is -0.361 e. The molecule has 5 amide bonds. The fourth-order valence-electron chi connectivity index (χ4n) is 6.09. The van der Waals surface area contributed by atoms with Crippen molar-refractivity contribution >= 4 is 35.2 Å². The average molecular weight is 726 g/mol. The van der Waals surface area contributed by atoms with Gasteiger partial charge in [0.05, 0.1) is 12.6 Å². The van der Waals surface area contributed by atoms with Crippen molar-refractivity contribution in [1.29, 1.82) is 0 Å². The molecule has 3 aromatic rings. The number of aryl methyl sites for hydroxylation is 2. The van der Waals surface area contributed by atoms with E-state index in [1.807, 2.05) is 107 Å². The first kappa shape index (κ1) is 40.7. The van der Waals surface area contributed by atoms with Crippen LogP contribution in [0.2, 0.25) is 0 Å². The SMILES string of the molecule is Cc1ccc(NC(=O)NC(CCc2ccccc2)C(=O)NC(CC(C)C)C(=O)NC(Cc2ccccc2)C(=O)NC(CC(C)C)C(=O)C2(C)CO2)cc1. The molecule has 0 radical (unpaired) electrons. The van der Waals surface area contributed by atoms with Gasteiger partial charge < -0.3 is 31.3 Å². The quantitative estimate of drug-likeness (QED) is 0.106. The normalized spacial score (nSPS) is 17.2. The van der Waals surface area contributed by atoms with Crippen LogP contribution in [0.4, 0.5) is 10.5 Å². The van der Waals surface area contributed by atoms with Gasteiger partial charge >= 0.3 is 6.03 Å². The summed E-state index contributed by atoms with van der Waals surface area (Å²) in [6, 6.07) is 21.8. The van der Waals surface area contributed by atoms with Crippen molar-refractivity contribution in [2.24, 2.45) is 11.8 Å². The predicted octanol–water partition coefficient (Wildman–Crippen LogP) is 5.27. The van der Waals surface area contributed by atoms with Crippen molar-refractivity contribution in [3.8, 4) is 0 Å². The van der Waals surface area contributed by atoms with Crippen LogP contribution in [-0.4, -0.2) is 65.9 Å². The van der Waals surface area contributed by atoms with Crippen molar-refractivity contribution in [2.75, 3.05) is 11.9 Å². The van der Waals surface area contributed by atoms with Crippen LogP contribution in [0.5, 0.6) is 0 Å². The van der Waals surface area contributed by atoms with Gasteiger partial charge in [0.15, 0.2) is 5.78 Å². The summed E-state index contributed by atoms with van der Waals surface area (Å²) in [6.07, 6.45) is 1.64. The fraction of sp³-hybridized carbons (Fsp3) is 0.452. The number of benzene rings is 3. The van der Waals surface area contributed by atoms with Crippen LogP contribution >= 0.6 is 0 Å². The number of nitrogens with one attached hydrogen (secondary N) is 5. The molecule has 11 heteroatoms. The lowest BCUT2D eigenvalue weighted by Crippen LogP contribution is -2.59. The average Bonchev–Trinajstić information content (AvgIpc) is 3.88. The van der Waals surface area contributed by atoms with Gasteiger partial charge in [0.1, 0.15) is 23.7 Å². The molecule has 5 atom stereocenters. The summed E-state index contributed by atoms with van der Waals surface area (Å²) >= 11 is 0. The number of epoxide rings is 1. The zero-order valence-corrected chi connectivity index (χ0v) is 31.7. The number of hydrogen-bond acceptors (Lipinski definition) is 6. The van der Waals surface area contributed by atoms with Crippen LogP contribution < -0.4 is 26.6 Å². The van der Waals surface area contributed by atoms with E-state index in [4.69, 9.17) is 4.74 Å². The minimum absolute atomic E-state index is 0.000318. The molecule has 11 nitrogen and oxygen atoms in total. The van der Waals surface area contributed by atoms with E-state index >= 15 is 0 Å². The number of carbonyl (C=O) groups is 5. The standard InChI is InChI=1S/C42H55N5O6/c1-27(2)23-34(37(48)42(6)26-53-42)44-40(51)36(25-31-15-11-8-12-16-31)46-39(50)35(24-28(3)4)45-38(49)33(22-19-30-13-9-7-10-14-30)47-41(52)43-32-20-17-29(5)18-21-32/h7-18,20-21,27-28,33-36H,19,22-26H2,1-6H3,(H,44,51)(H,45,49)(H,46,50)(H2,43,47,52). The van der Waals surface area contributed by atoms with Crippen molar-refractivity contribution in [3.05, 3.63) is 102 Å². The van der Waals surface area contributed by atoms with Gasteiger partial charge in [-0.25, -0.2) is 4.79 Å².